The molecule has 1 spiro atoms. The molecule has 1 aromatic rings. The van der Waals surface area contributed by atoms with Gasteiger partial charge in [0.15, 0.2) is 0 Å². The van der Waals surface area contributed by atoms with Crippen molar-refractivity contribution in [3.63, 3.8) is 0 Å². The molecule has 5 aliphatic carbocycles. The number of ketones is 2. The molecule has 4 atom stereocenters. The monoisotopic (exact) mass is 358 g/mol. The van der Waals surface area contributed by atoms with E-state index >= 15 is 0 Å². The molecule has 3 fully saturated rings. The third kappa shape index (κ3) is 1.97. The van der Waals surface area contributed by atoms with E-state index in [0.29, 0.717) is 49.4 Å². The van der Waals surface area contributed by atoms with E-state index in [-0.39, 0.29) is 17.0 Å². The topological polar surface area (TPSA) is 34.1 Å². The molecule has 1 aromatic carbocycles. The maximum atomic E-state index is 13.1. The van der Waals surface area contributed by atoms with E-state index < -0.39 is 5.41 Å². The smallest absolute Gasteiger partial charge is 0.147 e. The summed E-state index contributed by atoms with van der Waals surface area (Å²) in [4.78, 5) is 26.2. The predicted octanol–water partition coefficient (Wildman–Crippen LogP) is 5.11. The van der Waals surface area contributed by atoms with Gasteiger partial charge >= 0.3 is 0 Å². The van der Waals surface area contributed by atoms with Gasteiger partial charge in [-0.15, -0.1) is 0 Å². The van der Waals surface area contributed by atoms with Crippen molar-refractivity contribution in [1.82, 2.24) is 0 Å². The summed E-state index contributed by atoms with van der Waals surface area (Å²) >= 11 is 0. The van der Waals surface area contributed by atoms with Crippen LogP contribution in [0.5, 0.6) is 0 Å². The van der Waals surface area contributed by atoms with Gasteiger partial charge < -0.3 is 0 Å². The summed E-state index contributed by atoms with van der Waals surface area (Å²) in [6.07, 6.45) is 8.61. The highest BCUT2D eigenvalue weighted by atomic mass is 16.2. The third-order valence-corrected chi connectivity index (χ3v) is 8.21. The standard InChI is InChI=1S/C25H26O2/c1-24(2)12-22(26)25(23(27)13-24)10-14-7-18-19(8-15(14)11-25)21-9-20(18)16-5-3-4-6-17(16)21/h3-8,18-21H,9-13H2,1-2H3. The Labute approximate surface area is 160 Å². The van der Waals surface area contributed by atoms with Crippen molar-refractivity contribution in [3.05, 3.63) is 58.7 Å². The van der Waals surface area contributed by atoms with Crippen LogP contribution in [0.2, 0.25) is 0 Å². The molecule has 0 N–H and O–H groups in total. The number of fused-ring (bicyclic) bond motifs is 9. The molecule has 27 heavy (non-hydrogen) atoms. The fourth-order valence-corrected chi connectivity index (χ4v) is 6.99. The Morgan fingerprint density at radius 1 is 0.778 bits per heavy atom. The fraction of sp³-hybridized carbons (Fsp3) is 0.520. The van der Waals surface area contributed by atoms with Gasteiger partial charge in [-0.05, 0) is 70.6 Å². The van der Waals surface area contributed by atoms with Crippen molar-refractivity contribution in [2.45, 2.75) is 57.8 Å². The fourth-order valence-electron chi connectivity index (χ4n) is 6.99. The van der Waals surface area contributed by atoms with Crippen LogP contribution in [0.25, 0.3) is 0 Å². The minimum absolute atomic E-state index is 0.173. The molecule has 2 nitrogen and oxygen atoms in total. The largest absolute Gasteiger partial charge is 0.299 e. The van der Waals surface area contributed by atoms with Gasteiger partial charge in [-0.2, -0.15) is 0 Å². The molecular formula is C25H26O2. The van der Waals surface area contributed by atoms with E-state index in [1.165, 1.54) is 28.7 Å². The van der Waals surface area contributed by atoms with Crippen molar-refractivity contribution >= 4 is 11.6 Å². The van der Waals surface area contributed by atoms with Crippen LogP contribution >= 0.6 is 0 Å². The summed E-state index contributed by atoms with van der Waals surface area (Å²) < 4.78 is 0. The van der Waals surface area contributed by atoms with E-state index in [4.69, 9.17) is 0 Å². The molecule has 0 amide bonds. The number of carbonyl (C=O) groups is 2. The van der Waals surface area contributed by atoms with Crippen LogP contribution in [0.15, 0.2) is 47.6 Å². The summed E-state index contributed by atoms with van der Waals surface area (Å²) in [5.41, 5.74) is 4.78. The number of hydrogen-bond donors (Lipinski definition) is 0. The maximum Gasteiger partial charge on any atom is 0.147 e. The van der Waals surface area contributed by atoms with E-state index in [1.54, 1.807) is 0 Å². The Bertz CT molecular complexity index is 885. The molecule has 5 aliphatic rings. The number of benzene rings is 1. The summed E-state index contributed by atoms with van der Waals surface area (Å²) in [6, 6.07) is 8.94. The van der Waals surface area contributed by atoms with Gasteiger partial charge in [-0.1, -0.05) is 50.3 Å². The second-order valence-electron chi connectivity index (χ2n) is 10.4. The predicted molar refractivity (Wildman–Crippen MR) is 104 cm³/mol. The SMILES string of the molecule is CC1(C)CC(=O)C2(CC3=CC4C5CC(c6ccccc65)C4C=C3C2)C(=O)C1. The van der Waals surface area contributed by atoms with Crippen molar-refractivity contribution in [2.24, 2.45) is 22.7 Å². The molecule has 0 aliphatic heterocycles. The highest BCUT2D eigenvalue weighted by Crippen LogP contribution is 2.64. The van der Waals surface area contributed by atoms with Crippen molar-refractivity contribution in [3.8, 4) is 0 Å². The molecule has 6 rings (SSSR count). The molecule has 138 valence electrons. The van der Waals surface area contributed by atoms with Gasteiger partial charge in [0.1, 0.15) is 11.6 Å². The van der Waals surface area contributed by atoms with Crippen molar-refractivity contribution in [1.29, 1.82) is 0 Å². The number of allylic oxidation sites excluding steroid dienone is 4. The molecule has 0 radical (unpaired) electrons. The maximum absolute atomic E-state index is 13.1. The van der Waals surface area contributed by atoms with Gasteiger partial charge in [0, 0.05) is 12.8 Å². The molecule has 2 bridgehead atoms. The zero-order chi connectivity index (χ0) is 18.6. The molecule has 0 saturated heterocycles. The minimum Gasteiger partial charge on any atom is -0.299 e. The lowest BCUT2D eigenvalue weighted by atomic mass is 9.62. The second-order valence-corrected chi connectivity index (χ2v) is 10.4. The molecular weight excluding hydrogens is 332 g/mol. The van der Waals surface area contributed by atoms with Crippen LogP contribution in [0, 0.1) is 22.7 Å². The van der Waals surface area contributed by atoms with Crippen molar-refractivity contribution in [2.75, 3.05) is 0 Å². The highest BCUT2D eigenvalue weighted by molar-refractivity contribution is 6.11. The third-order valence-electron chi connectivity index (χ3n) is 8.21. The van der Waals surface area contributed by atoms with Gasteiger partial charge in [-0.25, -0.2) is 0 Å². The first kappa shape index (κ1) is 16.0. The molecule has 0 aromatic heterocycles. The van der Waals surface area contributed by atoms with E-state index in [1.807, 2.05) is 0 Å². The first-order valence-corrected chi connectivity index (χ1v) is 10.5. The average molecular weight is 358 g/mol. The Morgan fingerprint density at radius 3 is 1.74 bits per heavy atom. The molecule has 4 unspecified atom stereocenters. The number of rotatable bonds is 0. The van der Waals surface area contributed by atoms with Crippen molar-refractivity contribution < 1.29 is 9.59 Å². The van der Waals surface area contributed by atoms with E-state index in [2.05, 4.69) is 50.3 Å². The van der Waals surface area contributed by atoms with Crippen LogP contribution < -0.4 is 0 Å². The zero-order valence-corrected chi connectivity index (χ0v) is 16.1. The first-order valence-electron chi connectivity index (χ1n) is 10.5. The summed E-state index contributed by atoms with van der Waals surface area (Å²) in [6.45, 7) is 4.10. The average Bonchev–Trinajstić information content (AvgIpc) is 3.28. The van der Waals surface area contributed by atoms with Gasteiger partial charge in [0.05, 0.1) is 5.41 Å². The summed E-state index contributed by atoms with van der Waals surface area (Å²) in [5.74, 6) is 2.74. The Morgan fingerprint density at radius 2 is 1.26 bits per heavy atom. The normalized spacial score (nSPS) is 37.0. The van der Waals surface area contributed by atoms with Gasteiger partial charge in [0.25, 0.3) is 0 Å². The lowest BCUT2D eigenvalue weighted by molar-refractivity contribution is -0.147. The Kier molecular flexibility index (Phi) is 2.91. The quantitative estimate of drug-likeness (QED) is 0.604. The van der Waals surface area contributed by atoms with Crippen LogP contribution in [-0.4, -0.2) is 11.6 Å². The van der Waals surface area contributed by atoms with E-state index in [9.17, 15) is 9.59 Å². The Hall–Kier alpha value is -1.96. The second kappa shape index (κ2) is 4.90. The number of Topliss-reactive ketones (excluding diaryl/α,β-unsaturated/α-hetero) is 2. The molecule has 2 heteroatoms. The first-order chi connectivity index (χ1) is 12.9. The highest BCUT2D eigenvalue weighted by Gasteiger charge is 2.57. The van der Waals surface area contributed by atoms with Gasteiger partial charge in [0.2, 0.25) is 0 Å². The molecule has 3 saturated carbocycles. The van der Waals surface area contributed by atoms with Gasteiger partial charge in [-0.3, -0.25) is 9.59 Å². The number of hydrogen-bond acceptors (Lipinski definition) is 2. The lowest BCUT2D eigenvalue weighted by Crippen LogP contribution is -2.46. The lowest BCUT2D eigenvalue weighted by Gasteiger charge is -2.38. The van der Waals surface area contributed by atoms with Crippen LogP contribution in [0.3, 0.4) is 0 Å². The minimum atomic E-state index is -0.738. The van der Waals surface area contributed by atoms with Crippen LogP contribution in [-0.2, 0) is 9.59 Å². The Balaban J connectivity index is 1.38. The summed E-state index contributed by atoms with van der Waals surface area (Å²) in [5, 5.41) is 0. The van der Waals surface area contributed by atoms with E-state index in [0.717, 1.165) is 0 Å². The summed E-state index contributed by atoms with van der Waals surface area (Å²) in [7, 11) is 0. The zero-order valence-electron chi connectivity index (χ0n) is 16.1. The number of carbonyl (C=O) groups excluding carboxylic acids is 2. The van der Waals surface area contributed by atoms with Crippen LogP contribution in [0.4, 0.5) is 0 Å². The molecule has 0 heterocycles. The van der Waals surface area contributed by atoms with Crippen LogP contribution in [0.1, 0.15) is 68.9 Å².